The predicted octanol–water partition coefficient (Wildman–Crippen LogP) is 2.90. The minimum absolute atomic E-state index is 0.0248. The Bertz CT molecular complexity index is 651. The fourth-order valence-electron chi connectivity index (χ4n) is 1.53. The molecule has 0 saturated carbocycles. The number of aryl methyl sites for hydroxylation is 1. The molecule has 0 bridgehead atoms. The SMILES string of the molecule is Cc1csc(=O)n1Cc1cc(C#N)ccc1Br. The minimum atomic E-state index is 0.0248. The van der Waals surface area contributed by atoms with Crippen molar-refractivity contribution in [1.82, 2.24) is 4.57 Å². The molecule has 2 rings (SSSR count). The molecule has 0 unspecified atom stereocenters. The van der Waals surface area contributed by atoms with Gasteiger partial charge in [0.05, 0.1) is 18.2 Å². The van der Waals surface area contributed by atoms with Gasteiger partial charge in [-0.15, -0.1) is 0 Å². The largest absolute Gasteiger partial charge is 0.307 e. The van der Waals surface area contributed by atoms with E-state index in [9.17, 15) is 4.79 Å². The first-order valence-electron chi connectivity index (χ1n) is 4.95. The average Bonchev–Trinajstić information content (AvgIpc) is 2.63. The van der Waals surface area contributed by atoms with Crippen LogP contribution in [0.25, 0.3) is 0 Å². The smallest absolute Gasteiger partial charge is 0.299 e. The van der Waals surface area contributed by atoms with Crippen molar-refractivity contribution >= 4 is 27.3 Å². The highest BCUT2D eigenvalue weighted by Gasteiger charge is 2.07. The first-order chi connectivity index (χ1) is 8.11. The zero-order chi connectivity index (χ0) is 12.4. The Morgan fingerprint density at radius 1 is 1.53 bits per heavy atom. The van der Waals surface area contributed by atoms with E-state index in [1.165, 1.54) is 11.3 Å². The minimum Gasteiger partial charge on any atom is -0.299 e. The number of hydrogen-bond donors (Lipinski definition) is 0. The van der Waals surface area contributed by atoms with Crippen molar-refractivity contribution < 1.29 is 0 Å². The lowest BCUT2D eigenvalue weighted by atomic mass is 10.1. The van der Waals surface area contributed by atoms with Crippen LogP contribution in [-0.2, 0) is 6.54 Å². The quantitative estimate of drug-likeness (QED) is 0.856. The molecule has 0 spiro atoms. The van der Waals surface area contributed by atoms with Gasteiger partial charge < -0.3 is 0 Å². The summed E-state index contributed by atoms with van der Waals surface area (Å²) < 4.78 is 2.61. The van der Waals surface area contributed by atoms with Gasteiger partial charge in [0.25, 0.3) is 0 Å². The van der Waals surface area contributed by atoms with E-state index in [1.807, 2.05) is 18.4 Å². The van der Waals surface area contributed by atoms with Gasteiger partial charge in [0.15, 0.2) is 0 Å². The van der Waals surface area contributed by atoms with E-state index < -0.39 is 0 Å². The molecule has 3 nitrogen and oxygen atoms in total. The van der Waals surface area contributed by atoms with Crippen molar-refractivity contribution in [2.75, 3.05) is 0 Å². The van der Waals surface area contributed by atoms with Gasteiger partial charge in [-0.3, -0.25) is 9.36 Å². The fourth-order valence-corrected chi connectivity index (χ4v) is 2.64. The molecule has 1 aromatic carbocycles. The molecule has 0 saturated heterocycles. The Balaban J connectivity index is 2.43. The second-order valence-corrected chi connectivity index (χ2v) is 5.32. The number of aromatic nitrogens is 1. The molecule has 0 fully saturated rings. The van der Waals surface area contributed by atoms with Gasteiger partial charge in [-0.05, 0) is 30.7 Å². The van der Waals surface area contributed by atoms with Gasteiger partial charge in [-0.2, -0.15) is 5.26 Å². The lowest BCUT2D eigenvalue weighted by Crippen LogP contribution is -2.15. The zero-order valence-corrected chi connectivity index (χ0v) is 11.5. The lowest BCUT2D eigenvalue weighted by molar-refractivity contribution is 0.752. The van der Waals surface area contributed by atoms with Crippen LogP contribution >= 0.6 is 27.3 Å². The number of nitrogens with zero attached hydrogens (tertiary/aromatic N) is 2. The van der Waals surface area contributed by atoms with Crippen molar-refractivity contribution in [2.45, 2.75) is 13.5 Å². The Hall–Kier alpha value is -1.38. The van der Waals surface area contributed by atoms with E-state index in [4.69, 9.17) is 5.26 Å². The summed E-state index contributed by atoms with van der Waals surface area (Å²) in [5, 5.41) is 10.7. The maximum atomic E-state index is 11.6. The Labute approximate surface area is 111 Å². The molecule has 0 aliphatic heterocycles. The van der Waals surface area contributed by atoms with Crippen molar-refractivity contribution in [2.24, 2.45) is 0 Å². The monoisotopic (exact) mass is 308 g/mol. The first-order valence-corrected chi connectivity index (χ1v) is 6.62. The van der Waals surface area contributed by atoms with E-state index in [0.29, 0.717) is 12.1 Å². The average molecular weight is 309 g/mol. The summed E-state index contributed by atoms with van der Waals surface area (Å²) in [5.41, 5.74) is 2.48. The summed E-state index contributed by atoms with van der Waals surface area (Å²) in [7, 11) is 0. The summed E-state index contributed by atoms with van der Waals surface area (Å²) in [4.78, 5) is 11.6. The van der Waals surface area contributed by atoms with Crippen LogP contribution in [0.3, 0.4) is 0 Å². The number of benzene rings is 1. The van der Waals surface area contributed by atoms with E-state index in [2.05, 4.69) is 22.0 Å². The standard InChI is InChI=1S/C12H9BrN2OS/c1-8-7-17-12(16)15(8)6-10-4-9(5-14)2-3-11(10)13/h2-4,7H,6H2,1H3. The Morgan fingerprint density at radius 2 is 2.29 bits per heavy atom. The topological polar surface area (TPSA) is 45.8 Å². The highest BCUT2D eigenvalue weighted by atomic mass is 79.9. The first kappa shape index (κ1) is 12.1. The molecule has 0 N–H and O–H groups in total. The zero-order valence-electron chi connectivity index (χ0n) is 9.11. The molecule has 17 heavy (non-hydrogen) atoms. The summed E-state index contributed by atoms with van der Waals surface area (Å²) in [6.45, 7) is 2.39. The molecule has 0 radical (unpaired) electrons. The number of rotatable bonds is 2. The number of halogens is 1. The van der Waals surface area contributed by atoms with Gasteiger partial charge in [-0.25, -0.2) is 0 Å². The van der Waals surface area contributed by atoms with Crippen molar-refractivity contribution in [3.8, 4) is 6.07 Å². The summed E-state index contributed by atoms with van der Waals surface area (Å²) in [6.07, 6.45) is 0. The van der Waals surface area contributed by atoms with Crippen LogP contribution in [0.2, 0.25) is 0 Å². The van der Waals surface area contributed by atoms with Crippen LogP contribution in [0.5, 0.6) is 0 Å². The number of thiazole rings is 1. The Morgan fingerprint density at radius 3 is 2.88 bits per heavy atom. The summed E-state index contributed by atoms with van der Waals surface area (Å²) in [6, 6.07) is 7.48. The second kappa shape index (κ2) is 4.86. The normalized spacial score (nSPS) is 10.2. The summed E-state index contributed by atoms with van der Waals surface area (Å²) >= 11 is 4.63. The van der Waals surface area contributed by atoms with E-state index in [-0.39, 0.29) is 4.87 Å². The molecule has 2 aromatic rings. The summed E-state index contributed by atoms with van der Waals surface area (Å²) in [5.74, 6) is 0. The van der Waals surface area contributed by atoms with E-state index in [0.717, 1.165) is 15.7 Å². The van der Waals surface area contributed by atoms with Crippen molar-refractivity contribution in [3.05, 3.63) is 54.5 Å². The van der Waals surface area contributed by atoms with Crippen LogP contribution in [0.15, 0.2) is 32.8 Å². The van der Waals surface area contributed by atoms with Crippen molar-refractivity contribution in [3.63, 3.8) is 0 Å². The van der Waals surface area contributed by atoms with Gasteiger partial charge in [0.1, 0.15) is 0 Å². The lowest BCUT2D eigenvalue weighted by Gasteiger charge is -2.07. The van der Waals surface area contributed by atoms with Crippen LogP contribution < -0.4 is 4.87 Å². The van der Waals surface area contributed by atoms with Crippen LogP contribution in [0.4, 0.5) is 0 Å². The third kappa shape index (κ3) is 2.48. The van der Waals surface area contributed by atoms with Gasteiger partial charge in [0, 0.05) is 15.5 Å². The maximum Gasteiger partial charge on any atom is 0.307 e. The molecular formula is C12H9BrN2OS. The predicted molar refractivity (Wildman–Crippen MR) is 71.3 cm³/mol. The molecule has 0 aliphatic carbocycles. The molecular weight excluding hydrogens is 300 g/mol. The third-order valence-corrected chi connectivity index (χ3v) is 4.13. The van der Waals surface area contributed by atoms with Gasteiger partial charge in [-0.1, -0.05) is 27.3 Å². The molecule has 0 aliphatic rings. The van der Waals surface area contributed by atoms with Crippen LogP contribution in [0, 0.1) is 18.3 Å². The van der Waals surface area contributed by atoms with Gasteiger partial charge >= 0.3 is 4.87 Å². The molecule has 1 heterocycles. The molecule has 5 heteroatoms. The number of hydrogen-bond acceptors (Lipinski definition) is 3. The van der Waals surface area contributed by atoms with E-state index in [1.54, 1.807) is 16.7 Å². The molecule has 0 amide bonds. The highest BCUT2D eigenvalue weighted by molar-refractivity contribution is 9.10. The van der Waals surface area contributed by atoms with Crippen LogP contribution in [-0.4, -0.2) is 4.57 Å². The second-order valence-electron chi connectivity index (χ2n) is 3.65. The number of nitriles is 1. The van der Waals surface area contributed by atoms with Crippen molar-refractivity contribution in [1.29, 1.82) is 5.26 Å². The molecule has 1 aromatic heterocycles. The van der Waals surface area contributed by atoms with Crippen LogP contribution in [0.1, 0.15) is 16.8 Å². The molecule has 0 atom stereocenters. The Kier molecular flexibility index (Phi) is 3.46. The van der Waals surface area contributed by atoms with Gasteiger partial charge in [0.2, 0.25) is 0 Å². The molecule has 86 valence electrons. The maximum absolute atomic E-state index is 11.6. The highest BCUT2D eigenvalue weighted by Crippen LogP contribution is 2.19. The van der Waals surface area contributed by atoms with E-state index >= 15 is 0 Å². The fraction of sp³-hybridized carbons (Fsp3) is 0.167. The third-order valence-electron chi connectivity index (χ3n) is 2.48.